The van der Waals surface area contributed by atoms with Crippen molar-refractivity contribution in [3.8, 4) is 6.07 Å². The van der Waals surface area contributed by atoms with Gasteiger partial charge >= 0.3 is 6.03 Å². The summed E-state index contributed by atoms with van der Waals surface area (Å²) >= 11 is 1.43. The number of hydrogen-bond donors (Lipinski definition) is 2. The van der Waals surface area contributed by atoms with Crippen LogP contribution in [0.1, 0.15) is 21.6 Å². The molecule has 1 aliphatic rings. The molecule has 3 heterocycles. The molecule has 0 spiro atoms. The molecular weight excluding hydrogens is 412 g/mol. The third kappa shape index (κ3) is 5.78. The summed E-state index contributed by atoms with van der Waals surface area (Å²) in [5.41, 5.74) is 2.65. The minimum Gasteiger partial charge on any atom is -0.378 e. The summed E-state index contributed by atoms with van der Waals surface area (Å²) in [5.74, 6) is 0.925. The van der Waals surface area contributed by atoms with E-state index >= 15 is 0 Å². The zero-order valence-corrected chi connectivity index (χ0v) is 17.7. The lowest BCUT2D eigenvalue weighted by atomic mass is 10.1. The Labute approximate surface area is 184 Å². The standard InChI is InChI=1S/C22H22N6O2S/c23-12-17-3-1-16(2-4-17)11-19-15-26-22(31-19)27-21(29)25-14-18-5-6-20(24-13-18)28-7-9-30-10-8-28/h1-6,13,15H,7-11,14H2,(H2,25,26,27,29). The second-order valence-electron chi connectivity index (χ2n) is 7.05. The molecule has 158 valence electrons. The number of nitrogens with zero attached hydrogens (tertiary/aromatic N) is 4. The fourth-order valence-corrected chi connectivity index (χ4v) is 4.01. The number of morpholine rings is 1. The van der Waals surface area contributed by atoms with Gasteiger partial charge in [0.15, 0.2) is 5.13 Å². The molecule has 0 saturated carbocycles. The van der Waals surface area contributed by atoms with Crippen LogP contribution in [0.25, 0.3) is 0 Å². The van der Waals surface area contributed by atoms with Crippen molar-refractivity contribution in [1.82, 2.24) is 15.3 Å². The van der Waals surface area contributed by atoms with E-state index in [4.69, 9.17) is 10.00 Å². The first kappa shape index (κ1) is 20.8. The van der Waals surface area contributed by atoms with Crippen LogP contribution < -0.4 is 15.5 Å². The van der Waals surface area contributed by atoms with E-state index in [9.17, 15) is 4.79 Å². The lowest BCUT2D eigenvalue weighted by Crippen LogP contribution is -2.36. The number of aromatic nitrogens is 2. The smallest absolute Gasteiger partial charge is 0.321 e. The predicted octanol–water partition coefficient (Wildman–Crippen LogP) is 3.16. The van der Waals surface area contributed by atoms with Gasteiger partial charge in [0.2, 0.25) is 0 Å². The van der Waals surface area contributed by atoms with E-state index in [0.29, 0.717) is 23.7 Å². The number of carbonyl (C=O) groups is 1. The van der Waals surface area contributed by atoms with Crippen LogP contribution in [-0.2, 0) is 17.7 Å². The zero-order chi connectivity index (χ0) is 21.5. The van der Waals surface area contributed by atoms with Gasteiger partial charge in [0.05, 0.1) is 24.8 Å². The van der Waals surface area contributed by atoms with E-state index in [1.165, 1.54) is 11.3 Å². The van der Waals surface area contributed by atoms with E-state index in [2.05, 4.69) is 31.6 Å². The molecule has 1 saturated heterocycles. The van der Waals surface area contributed by atoms with Gasteiger partial charge in [0, 0.05) is 43.3 Å². The molecule has 2 amide bonds. The highest BCUT2D eigenvalue weighted by Gasteiger charge is 2.12. The van der Waals surface area contributed by atoms with Gasteiger partial charge in [0.1, 0.15) is 5.82 Å². The fraction of sp³-hybridized carbons (Fsp3) is 0.273. The number of amides is 2. The van der Waals surface area contributed by atoms with Crippen molar-refractivity contribution in [3.63, 3.8) is 0 Å². The summed E-state index contributed by atoms with van der Waals surface area (Å²) in [5, 5.41) is 15.0. The number of urea groups is 1. The van der Waals surface area contributed by atoms with Crippen molar-refractivity contribution in [3.05, 3.63) is 70.4 Å². The van der Waals surface area contributed by atoms with Crippen molar-refractivity contribution in [2.24, 2.45) is 0 Å². The number of hydrogen-bond acceptors (Lipinski definition) is 7. The first-order valence-corrected chi connectivity index (χ1v) is 10.8. The highest BCUT2D eigenvalue weighted by molar-refractivity contribution is 7.15. The molecule has 31 heavy (non-hydrogen) atoms. The van der Waals surface area contributed by atoms with Crippen LogP contribution in [0.5, 0.6) is 0 Å². The largest absolute Gasteiger partial charge is 0.378 e. The predicted molar refractivity (Wildman–Crippen MR) is 119 cm³/mol. The topological polar surface area (TPSA) is 103 Å². The van der Waals surface area contributed by atoms with E-state index in [-0.39, 0.29) is 6.03 Å². The second-order valence-corrected chi connectivity index (χ2v) is 8.16. The summed E-state index contributed by atoms with van der Waals surface area (Å²) < 4.78 is 5.36. The minimum absolute atomic E-state index is 0.309. The Morgan fingerprint density at radius 1 is 1.10 bits per heavy atom. The first-order valence-electron chi connectivity index (χ1n) is 9.96. The average molecular weight is 435 g/mol. The lowest BCUT2D eigenvalue weighted by Gasteiger charge is -2.27. The van der Waals surface area contributed by atoms with Crippen LogP contribution in [-0.4, -0.2) is 42.3 Å². The maximum atomic E-state index is 12.2. The fourth-order valence-electron chi connectivity index (χ4n) is 3.17. The van der Waals surface area contributed by atoms with Crippen molar-refractivity contribution in [1.29, 1.82) is 5.26 Å². The van der Waals surface area contributed by atoms with Gasteiger partial charge in [-0.25, -0.2) is 14.8 Å². The molecule has 2 N–H and O–H groups in total. The molecule has 3 aromatic rings. The summed E-state index contributed by atoms with van der Waals surface area (Å²) in [4.78, 5) is 24.2. The molecule has 0 radical (unpaired) electrons. The SMILES string of the molecule is N#Cc1ccc(Cc2cnc(NC(=O)NCc3ccc(N4CCOCC4)nc3)s2)cc1. The summed E-state index contributed by atoms with van der Waals surface area (Å²) in [6, 6.07) is 13.2. The molecule has 1 fully saturated rings. The molecule has 4 rings (SSSR count). The Balaban J connectivity index is 1.25. The van der Waals surface area contributed by atoms with Crippen molar-refractivity contribution in [2.45, 2.75) is 13.0 Å². The minimum atomic E-state index is -0.309. The molecule has 0 atom stereocenters. The summed E-state index contributed by atoms with van der Waals surface area (Å²) in [6.07, 6.45) is 4.24. The van der Waals surface area contributed by atoms with Gasteiger partial charge in [-0.3, -0.25) is 5.32 Å². The molecule has 8 nitrogen and oxygen atoms in total. The normalized spacial score (nSPS) is 13.5. The number of ether oxygens (including phenoxy) is 1. The number of carbonyl (C=O) groups excluding carboxylic acids is 1. The van der Waals surface area contributed by atoms with Crippen LogP contribution in [0.3, 0.4) is 0 Å². The van der Waals surface area contributed by atoms with Crippen LogP contribution >= 0.6 is 11.3 Å². The van der Waals surface area contributed by atoms with Crippen LogP contribution in [0, 0.1) is 11.3 Å². The van der Waals surface area contributed by atoms with Gasteiger partial charge in [-0.1, -0.05) is 18.2 Å². The number of rotatable bonds is 6. The van der Waals surface area contributed by atoms with Crippen molar-refractivity contribution >= 4 is 28.3 Å². The first-order chi connectivity index (χ1) is 15.2. The van der Waals surface area contributed by atoms with Gasteiger partial charge in [-0.2, -0.15) is 5.26 Å². The van der Waals surface area contributed by atoms with E-state index in [1.807, 2.05) is 24.3 Å². The van der Waals surface area contributed by atoms with E-state index < -0.39 is 0 Å². The number of pyridine rings is 1. The molecule has 0 bridgehead atoms. The van der Waals surface area contributed by atoms with Gasteiger partial charge in [-0.15, -0.1) is 11.3 Å². The zero-order valence-electron chi connectivity index (χ0n) is 16.9. The van der Waals surface area contributed by atoms with Crippen LogP contribution in [0.15, 0.2) is 48.8 Å². The van der Waals surface area contributed by atoms with Crippen LogP contribution in [0.4, 0.5) is 15.7 Å². The summed E-state index contributed by atoms with van der Waals surface area (Å²) in [7, 11) is 0. The third-order valence-corrected chi connectivity index (χ3v) is 5.75. The molecule has 9 heteroatoms. The van der Waals surface area contributed by atoms with Crippen molar-refractivity contribution in [2.75, 3.05) is 36.5 Å². The lowest BCUT2D eigenvalue weighted by molar-refractivity contribution is 0.122. The maximum Gasteiger partial charge on any atom is 0.321 e. The number of nitrogens with one attached hydrogen (secondary N) is 2. The highest BCUT2D eigenvalue weighted by Crippen LogP contribution is 2.21. The maximum absolute atomic E-state index is 12.2. The Kier molecular flexibility index (Phi) is 6.72. The van der Waals surface area contributed by atoms with Crippen LogP contribution in [0.2, 0.25) is 0 Å². The molecular formula is C22H22N6O2S. The second kappa shape index (κ2) is 10.0. The average Bonchev–Trinajstić information content (AvgIpc) is 3.25. The number of benzene rings is 1. The molecule has 0 unspecified atom stereocenters. The molecule has 1 aliphatic heterocycles. The third-order valence-electron chi connectivity index (χ3n) is 4.83. The molecule has 2 aromatic heterocycles. The quantitative estimate of drug-likeness (QED) is 0.618. The van der Waals surface area contributed by atoms with Gasteiger partial charge in [-0.05, 0) is 29.3 Å². The summed E-state index contributed by atoms with van der Waals surface area (Å²) in [6.45, 7) is 3.50. The Hall–Kier alpha value is -3.48. The van der Waals surface area contributed by atoms with E-state index in [0.717, 1.165) is 48.1 Å². The van der Waals surface area contributed by atoms with E-state index in [1.54, 1.807) is 24.5 Å². The number of thiazole rings is 1. The number of anilines is 2. The monoisotopic (exact) mass is 434 g/mol. The van der Waals surface area contributed by atoms with Gasteiger partial charge in [0.25, 0.3) is 0 Å². The highest BCUT2D eigenvalue weighted by atomic mass is 32.1. The van der Waals surface area contributed by atoms with Gasteiger partial charge < -0.3 is 15.0 Å². The Morgan fingerprint density at radius 3 is 2.58 bits per heavy atom. The number of nitriles is 1. The molecule has 0 aliphatic carbocycles. The van der Waals surface area contributed by atoms with Crippen molar-refractivity contribution < 1.29 is 9.53 Å². The Bertz CT molecular complexity index is 1050. The molecule has 1 aromatic carbocycles. The Morgan fingerprint density at radius 2 is 1.87 bits per heavy atom.